The van der Waals surface area contributed by atoms with Crippen molar-refractivity contribution >= 4 is 34.3 Å². The van der Waals surface area contributed by atoms with Crippen molar-refractivity contribution in [3.8, 4) is 11.3 Å². The second-order valence-electron chi connectivity index (χ2n) is 5.35. The summed E-state index contributed by atoms with van der Waals surface area (Å²) in [6.07, 6.45) is 0. The molecule has 0 bridgehead atoms. The van der Waals surface area contributed by atoms with Gasteiger partial charge in [0.2, 0.25) is 5.82 Å². The summed E-state index contributed by atoms with van der Waals surface area (Å²) >= 11 is 6.32. The van der Waals surface area contributed by atoms with Gasteiger partial charge >= 0.3 is 0 Å². The Bertz CT molecular complexity index is 1090. The number of halogens is 1. The maximum atomic E-state index is 12.3. The lowest BCUT2D eigenvalue weighted by atomic mass is 10.1. The summed E-state index contributed by atoms with van der Waals surface area (Å²) in [6, 6.07) is 13.0. The van der Waals surface area contributed by atoms with Crippen molar-refractivity contribution in [2.75, 3.05) is 6.54 Å². The van der Waals surface area contributed by atoms with Gasteiger partial charge in [0, 0.05) is 12.1 Å². The second-order valence-corrected chi connectivity index (χ2v) is 5.71. The van der Waals surface area contributed by atoms with E-state index < -0.39 is 0 Å². The molecule has 1 N–H and O–H groups in total. The molecule has 4 aromatic rings. The lowest BCUT2D eigenvalue weighted by Gasteiger charge is -2.08. The maximum absolute atomic E-state index is 12.3. The minimum absolute atomic E-state index is 0.165. The van der Waals surface area contributed by atoms with Gasteiger partial charge in [-0.15, -0.1) is 10.2 Å². The molecule has 0 aliphatic carbocycles. The monoisotopic (exact) mass is 352 g/mol. The van der Waals surface area contributed by atoms with E-state index in [9.17, 15) is 4.79 Å². The van der Waals surface area contributed by atoms with Crippen LogP contribution in [0.2, 0.25) is 5.15 Å². The van der Waals surface area contributed by atoms with E-state index >= 15 is 0 Å². The predicted octanol–water partition coefficient (Wildman–Crippen LogP) is 2.74. The number of pyridine rings is 1. The number of aromatic nitrogens is 5. The third kappa shape index (κ3) is 2.58. The van der Waals surface area contributed by atoms with Gasteiger partial charge in [-0.2, -0.15) is 0 Å². The molecule has 0 aliphatic rings. The number of carbonyl (C=O) groups is 1. The van der Waals surface area contributed by atoms with Gasteiger partial charge < -0.3 is 5.32 Å². The molecule has 0 unspecified atom stereocenters. The Balaban J connectivity index is 2.03. The lowest BCUT2D eigenvalue weighted by Crippen LogP contribution is -2.25. The first-order chi connectivity index (χ1) is 12.2. The normalized spacial score (nSPS) is 11.1. The maximum Gasteiger partial charge on any atom is 0.289 e. The number of fused-ring (bicyclic) bond motifs is 3. The highest BCUT2D eigenvalue weighted by molar-refractivity contribution is 6.32. The fourth-order valence-corrected chi connectivity index (χ4v) is 2.87. The Kier molecular flexibility index (Phi) is 3.77. The molecule has 1 amide bonds. The third-order valence-corrected chi connectivity index (χ3v) is 4.00. The van der Waals surface area contributed by atoms with E-state index in [0.29, 0.717) is 34.2 Å². The first-order valence-corrected chi connectivity index (χ1v) is 8.12. The molecule has 124 valence electrons. The van der Waals surface area contributed by atoms with E-state index in [0.717, 1.165) is 5.56 Å². The molecule has 0 spiro atoms. The van der Waals surface area contributed by atoms with Gasteiger partial charge in [0.25, 0.3) is 5.91 Å². The average Bonchev–Trinajstić information content (AvgIpc) is 3.06. The molecule has 0 saturated heterocycles. The zero-order chi connectivity index (χ0) is 17.4. The van der Waals surface area contributed by atoms with Gasteiger partial charge in [0.15, 0.2) is 16.4 Å². The molecular weight excluding hydrogens is 340 g/mol. The standard InChI is InChI=1S/C17H13ClN6O/c1-2-19-17(25)16-23-22-12-9-8-11-15(24(12)16)21-13(14(18)20-11)10-6-4-3-5-7-10/h3-9H,2H2,1H3,(H,19,25). The summed E-state index contributed by atoms with van der Waals surface area (Å²) in [6.45, 7) is 2.33. The number of benzene rings is 1. The van der Waals surface area contributed by atoms with Crippen molar-refractivity contribution in [3.05, 3.63) is 53.4 Å². The molecular formula is C17H13ClN6O. The first-order valence-electron chi connectivity index (χ1n) is 7.74. The summed E-state index contributed by atoms with van der Waals surface area (Å²) < 4.78 is 1.59. The highest BCUT2D eigenvalue weighted by atomic mass is 35.5. The van der Waals surface area contributed by atoms with E-state index in [2.05, 4.69) is 25.5 Å². The largest absolute Gasteiger partial charge is 0.350 e. The van der Waals surface area contributed by atoms with Crippen LogP contribution in [0.4, 0.5) is 0 Å². The van der Waals surface area contributed by atoms with Crippen LogP contribution in [0.25, 0.3) is 28.1 Å². The van der Waals surface area contributed by atoms with E-state index in [-0.39, 0.29) is 11.7 Å². The summed E-state index contributed by atoms with van der Waals surface area (Å²) in [5.41, 5.74) is 2.93. The molecule has 1 aromatic carbocycles. The molecule has 3 aromatic heterocycles. The highest BCUT2D eigenvalue weighted by Crippen LogP contribution is 2.27. The number of hydrogen-bond acceptors (Lipinski definition) is 5. The number of carbonyl (C=O) groups excluding carboxylic acids is 1. The van der Waals surface area contributed by atoms with Crippen LogP contribution in [-0.4, -0.2) is 37.0 Å². The van der Waals surface area contributed by atoms with Crippen LogP contribution in [0, 0.1) is 0 Å². The Morgan fingerprint density at radius 2 is 1.92 bits per heavy atom. The molecule has 0 radical (unpaired) electrons. The molecule has 0 saturated carbocycles. The Morgan fingerprint density at radius 1 is 1.12 bits per heavy atom. The minimum Gasteiger partial charge on any atom is -0.350 e. The van der Waals surface area contributed by atoms with Crippen LogP contribution in [0.5, 0.6) is 0 Å². The topological polar surface area (TPSA) is 85.1 Å². The molecule has 0 fully saturated rings. The first kappa shape index (κ1) is 15.5. The zero-order valence-corrected chi connectivity index (χ0v) is 14.0. The van der Waals surface area contributed by atoms with E-state index in [4.69, 9.17) is 11.6 Å². The Morgan fingerprint density at radius 3 is 2.68 bits per heavy atom. The smallest absolute Gasteiger partial charge is 0.289 e. The number of amides is 1. The van der Waals surface area contributed by atoms with Gasteiger partial charge in [0.05, 0.1) is 0 Å². The molecule has 7 nitrogen and oxygen atoms in total. The van der Waals surface area contributed by atoms with Crippen molar-refractivity contribution in [1.82, 2.24) is 29.9 Å². The van der Waals surface area contributed by atoms with Gasteiger partial charge in [-0.3, -0.25) is 9.20 Å². The van der Waals surface area contributed by atoms with Crippen LogP contribution < -0.4 is 5.32 Å². The van der Waals surface area contributed by atoms with Crippen LogP contribution in [-0.2, 0) is 0 Å². The van der Waals surface area contributed by atoms with E-state index in [1.165, 1.54) is 0 Å². The van der Waals surface area contributed by atoms with Gasteiger partial charge in [-0.25, -0.2) is 9.97 Å². The fraction of sp³-hybridized carbons (Fsp3) is 0.118. The second kappa shape index (κ2) is 6.10. The van der Waals surface area contributed by atoms with Crippen LogP contribution in [0.15, 0.2) is 42.5 Å². The van der Waals surface area contributed by atoms with Crippen molar-refractivity contribution in [3.63, 3.8) is 0 Å². The quantitative estimate of drug-likeness (QED) is 0.612. The summed E-state index contributed by atoms with van der Waals surface area (Å²) in [5.74, 6) is -0.154. The molecule has 0 atom stereocenters. The van der Waals surface area contributed by atoms with Gasteiger partial charge in [0.1, 0.15) is 11.2 Å². The van der Waals surface area contributed by atoms with Crippen LogP contribution in [0.1, 0.15) is 17.5 Å². The van der Waals surface area contributed by atoms with E-state index in [1.807, 2.05) is 37.3 Å². The van der Waals surface area contributed by atoms with Crippen LogP contribution >= 0.6 is 11.6 Å². The Labute approximate surface area is 147 Å². The fourth-order valence-electron chi connectivity index (χ4n) is 2.63. The molecule has 25 heavy (non-hydrogen) atoms. The predicted molar refractivity (Wildman–Crippen MR) is 94.5 cm³/mol. The van der Waals surface area contributed by atoms with Gasteiger partial charge in [-0.05, 0) is 19.1 Å². The molecule has 4 rings (SSSR count). The molecule has 0 aliphatic heterocycles. The molecule has 3 heterocycles. The number of nitrogens with zero attached hydrogens (tertiary/aromatic N) is 5. The van der Waals surface area contributed by atoms with E-state index in [1.54, 1.807) is 16.5 Å². The average molecular weight is 353 g/mol. The number of nitrogens with one attached hydrogen (secondary N) is 1. The Hall–Kier alpha value is -3.06. The summed E-state index contributed by atoms with van der Waals surface area (Å²) in [7, 11) is 0. The summed E-state index contributed by atoms with van der Waals surface area (Å²) in [5, 5.41) is 11.1. The number of rotatable bonds is 3. The third-order valence-electron chi connectivity index (χ3n) is 3.74. The lowest BCUT2D eigenvalue weighted by molar-refractivity contribution is 0.0944. The van der Waals surface area contributed by atoms with Crippen molar-refractivity contribution in [2.45, 2.75) is 6.92 Å². The minimum atomic E-state index is -0.319. The highest BCUT2D eigenvalue weighted by Gasteiger charge is 2.18. The van der Waals surface area contributed by atoms with Crippen molar-refractivity contribution in [1.29, 1.82) is 0 Å². The zero-order valence-electron chi connectivity index (χ0n) is 13.3. The SMILES string of the molecule is CCNC(=O)c1nnc2ccc3nc(Cl)c(-c4ccccc4)nc3n12. The van der Waals surface area contributed by atoms with Crippen molar-refractivity contribution in [2.24, 2.45) is 0 Å². The summed E-state index contributed by atoms with van der Waals surface area (Å²) in [4.78, 5) is 21.4. The number of hydrogen-bond donors (Lipinski definition) is 1. The van der Waals surface area contributed by atoms with Crippen LogP contribution in [0.3, 0.4) is 0 Å². The van der Waals surface area contributed by atoms with Gasteiger partial charge in [-0.1, -0.05) is 41.9 Å². The van der Waals surface area contributed by atoms with Crippen molar-refractivity contribution < 1.29 is 4.79 Å². The molecule has 8 heteroatoms.